The molecule has 0 spiro atoms. The lowest BCUT2D eigenvalue weighted by molar-refractivity contribution is 0.390. The zero-order valence-corrected chi connectivity index (χ0v) is 10.9. The number of fused-ring (bicyclic) bond motifs is 2. The van der Waals surface area contributed by atoms with Crippen molar-refractivity contribution < 1.29 is 5.11 Å². The average Bonchev–Trinajstić information content (AvgIpc) is 2.86. The van der Waals surface area contributed by atoms with E-state index in [1.807, 2.05) is 22.6 Å². The van der Waals surface area contributed by atoms with Crippen LogP contribution in [0.15, 0.2) is 4.79 Å². The van der Waals surface area contributed by atoms with E-state index in [0.29, 0.717) is 17.7 Å². The maximum Gasteiger partial charge on any atom is 0.268 e. The van der Waals surface area contributed by atoms with Crippen molar-refractivity contribution in [1.29, 1.82) is 0 Å². The van der Waals surface area contributed by atoms with Gasteiger partial charge in [0.25, 0.3) is 5.56 Å². The number of hydrogen-bond acceptors (Lipinski definition) is 3. The summed E-state index contributed by atoms with van der Waals surface area (Å²) in [4.78, 5) is 18.5. The summed E-state index contributed by atoms with van der Waals surface area (Å²) in [6.45, 7) is 0. The van der Waals surface area contributed by atoms with Crippen molar-refractivity contribution in [1.82, 2.24) is 9.97 Å². The summed E-state index contributed by atoms with van der Waals surface area (Å²) in [6.07, 6.45) is 4.95. The minimum atomic E-state index is -0.217. The molecule has 3 atom stereocenters. The van der Waals surface area contributed by atoms with Crippen LogP contribution in [0.3, 0.4) is 0 Å². The van der Waals surface area contributed by atoms with Gasteiger partial charge in [-0.3, -0.25) is 4.79 Å². The zero-order valence-electron chi connectivity index (χ0n) is 8.74. The van der Waals surface area contributed by atoms with Gasteiger partial charge in [-0.1, -0.05) is 6.42 Å². The number of nitrogens with zero attached hydrogens (tertiary/aromatic N) is 1. The lowest BCUT2D eigenvalue weighted by atomic mass is 9.88. The molecule has 2 N–H and O–H groups in total. The third kappa shape index (κ3) is 1.56. The summed E-state index contributed by atoms with van der Waals surface area (Å²) in [5, 5.41) is 9.57. The Kier molecular flexibility index (Phi) is 2.45. The first-order valence-electron chi connectivity index (χ1n) is 5.64. The molecule has 16 heavy (non-hydrogen) atoms. The Bertz CT molecular complexity index is 485. The molecule has 0 radical (unpaired) electrons. The molecule has 2 aliphatic carbocycles. The second-order valence-electron chi connectivity index (χ2n) is 4.87. The van der Waals surface area contributed by atoms with E-state index < -0.39 is 0 Å². The lowest BCUT2D eigenvalue weighted by Crippen LogP contribution is -2.19. The largest absolute Gasteiger partial charge is 0.492 e. The highest BCUT2D eigenvalue weighted by Gasteiger charge is 2.41. The topological polar surface area (TPSA) is 66.0 Å². The van der Waals surface area contributed by atoms with Crippen molar-refractivity contribution in [3.8, 4) is 5.88 Å². The van der Waals surface area contributed by atoms with Gasteiger partial charge in [-0.15, -0.1) is 0 Å². The van der Waals surface area contributed by atoms with E-state index in [1.54, 1.807) is 0 Å². The van der Waals surface area contributed by atoms with E-state index >= 15 is 0 Å². The Hall–Kier alpha value is -0.590. The predicted molar refractivity (Wildman–Crippen MR) is 67.4 cm³/mol. The van der Waals surface area contributed by atoms with Crippen LogP contribution in [0, 0.1) is 15.4 Å². The molecule has 1 heterocycles. The van der Waals surface area contributed by atoms with Gasteiger partial charge >= 0.3 is 0 Å². The Morgan fingerprint density at radius 3 is 2.75 bits per heavy atom. The first kappa shape index (κ1) is 10.6. The number of rotatable bonds is 1. The van der Waals surface area contributed by atoms with Crippen molar-refractivity contribution >= 4 is 22.6 Å². The van der Waals surface area contributed by atoms with Crippen LogP contribution in [-0.2, 0) is 0 Å². The van der Waals surface area contributed by atoms with Gasteiger partial charge in [0.05, 0.1) is 0 Å². The van der Waals surface area contributed by atoms with Crippen molar-refractivity contribution in [3.63, 3.8) is 0 Å². The summed E-state index contributed by atoms with van der Waals surface area (Å²) in [7, 11) is 0. The molecule has 0 aliphatic heterocycles. The molecule has 4 nitrogen and oxygen atoms in total. The number of H-pyrrole nitrogens is 1. The highest BCUT2D eigenvalue weighted by atomic mass is 127. The van der Waals surface area contributed by atoms with Gasteiger partial charge in [0.1, 0.15) is 9.39 Å². The predicted octanol–water partition coefficient (Wildman–Crippen LogP) is 1.98. The van der Waals surface area contributed by atoms with Crippen LogP contribution in [0.25, 0.3) is 0 Å². The van der Waals surface area contributed by atoms with E-state index in [0.717, 1.165) is 12.3 Å². The third-order valence-electron chi connectivity index (χ3n) is 3.95. The molecular weight excluding hydrogens is 319 g/mol. The van der Waals surface area contributed by atoms with Gasteiger partial charge in [-0.05, 0) is 53.7 Å². The quantitative estimate of drug-likeness (QED) is 0.773. The number of aromatic hydroxyl groups is 1. The molecule has 1 aromatic rings. The fourth-order valence-corrected chi connectivity index (χ4v) is 3.47. The normalized spacial score (nSPS) is 32.2. The van der Waals surface area contributed by atoms with E-state index in [-0.39, 0.29) is 15.0 Å². The molecule has 2 saturated carbocycles. The molecular formula is C11H13IN2O2. The number of halogens is 1. The SMILES string of the molecule is O=c1[nH]c(C2CC3CCC2C3)nc(O)c1I. The minimum absolute atomic E-state index is 0.123. The minimum Gasteiger partial charge on any atom is -0.492 e. The van der Waals surface area contributed by atoms with Gasteiger partial charge in [-0.2, -0.15) is 4.98 Å². The van der Waals surface area contributed by atoms with E-state index in [4.69, 9.17) is 0 Å². The molecule has 2 fully saturated rings. The first-order chi connectivity index (χ1) is 7.65. The van der Waals surface area contributed by atoms with E-state index in [1.165, 1.54) is 19.3 Å². The van der Waals surface area contributed by atoms with Gasteiger partial charge in [0.2, 0.25) is 5.88 Å². The lowest BCUT2D eigenvalue weighted by Gasteiger charge is -2.20. The smallest absolute Gasteiger partial charge is 0.268 e. The highest BCUT2D eigenvalue weighted by Crippen LogP contribution is 2.52. The maximum atomic E-state index is 11.6. The second kappa shape index (κ2) is 3.72. The van der Waals surface area contributed by atoms with Crippen LogP contribution in [0.1, 0.15) is 37.4 Å². The molecule has 3 rings (SSSR count). The molecule has 3 unspecified atom stereocenters. The number of aromatic nitrogens is 2. The zero-order chi connectivity index (χ0) is 11.3. The Morgan fingerprint density at radius 2 is 2.19 bits per heavy atom. The van der Waals surface area contributed by atoms with Crippen LogP contribution >= 0.6 is 22.6 Å². The molecule has 5 heteroatoms. The monoisotopic (exact) mass is 332 g/mol. The Balaban J connectivity index is 1.99. The fourth-order valence-electron chi connectivity index (χ4n) is 3.22. The molecule has 0 aromatic carbocycles. The van der Waals surface area contributed by atoms with Gasteiger partial charge in [-0.25, -0.2) is 0 Å². The van der Waals surface area contributed by atoms with Crippen molar-refractivity contribution in [2.45, 2.75) is 31.6 Å². The van der Waals surface area contributed by atoms with Gasteiger partial charge < -0.3 is 10.1 Å². The molecule has 1 aromatic heterocycles. The van der Waals surface area contributed by atoms with Gasteiger partial charge in [0, 0.05) is 5.92 Å². The van der Waals surface area contributed by atoms with Crippen LogP contribution in [-0.4, -0.2) is 15.1 Å². The molecule has 86 valence electrons. The Morgan fingerprint density at radius 1 is 1.38 bits per heavy atom. The van der Waals surface area contributed by atoms with Gasteiger partial charge in [0.15, 0.2) is 0 Å². The maximum absolute atomic E-state index is 11.6. The van der Waals surface area contributed by atoms with Crippen LogP contribution in [0.2, 0.25) is 0 Å². The number of nitrogens with one attached hydrogen (secondary N) is 1. The van der Waals surface area contributed by atoms with Crippen molar-refractivity contribution in [2.24, 2.45) is 11.8 Å². The number of hydrogen-bond donors (Lipinski definition) is 2. The summed E-state index contributed by atoms with van der Waals surface area (Å²) in [5.41, 5.74) is -0.217. The number of aromatic amines is 1. The molecule has 0 amide bonds. The third-order valence-corrected chi connectivity index (χ3v) is 4.93. The molecule has 0 saturated heterocycles. The second-order valence-corrected chi connectivity index (χ2v) is 5.95. The van der Waals surface area contributed by atoms with Crippen molar-refractivity contribution in [3.05, 3.63) is 19.7 Å². The fraction of sp³-hybridized carbons (Fsp3) is 0.636. The van der Waals surface area contributed by atoms with Crippen LogP contribution in [0.4, 0.5) is 0 Å². The average molecular weight is 332 g/mol. The van der Waals surface area contributed by atoms with E-state index in [9.17, 15) is 9.90 Å². The van der Waals surface area contributed by atoms with E-state index in [2.05, 4.69) is 9.97 Å². The van der Waals surface area contributed by atoms with Crippen molar-refractivity contribution in [2.75, 3.05) is 0 Å². The summed E-state index contributed by atoms with van der Waals surface area (Å²) in [6, 6.07) is 0. The summed E-state index contributed by atoms with van der Waals surface area (Å²) in [5.74, 6) is 2.39. The standard InChI is InChI=1S/C11H13IN2O2/c12-8-10(15)13-9(14-11(8)16)7-4-5-1-2-6(7)3-5/h5-7H,1-4H2,(H2,13,14,15,16). The molecule has 2 bridgehead atoms. The Labute approximate surface area is 107 Å². The molecule has 2 aliphatic rings. The first-order valence-corrected chi connectivity index (χ1v) is 6.71. The van der Waals surface area contributed by atoms with Crippen LogP contribution in [0.5, 0.6) is 5.88 Å². The summed E-state index contributed by atoms with van der Waals surface area (Å²) >= 11 is 1.82. The highest BCUT2D eigenvalue weighted by molar-refractivity contribution is 14.1. The van der Waals surface area contributed by atoms with Crippen LogP contribution < -0.4 is 5.56 Å². The summed E-state index contributed by atoms with van der Waals surface area (Å²) < 4.78 is 0.282.